The molecule has 2 aromatic rings. The zero-order valence-corrected chi connectivity index (χ0v) is 13.6. The summed E-state index contributed by atoms with van der Waals surface area (Å²) in [4.78, 5) is 14.3. The van der Waals surface area contributed by atoms with Gasteiger partial charge in [0.15, 0.2) is 0 Å². The molecule has 0 radical (unpaired) electrons. The molecule has 1 amide bonds. The fraction of sp³-hybridized carbons (Fsp3) is 0.278. The predicted molar refractivity (Wildman–Crippen MR) is 88.3 cm³/mol. The lowest BCUT2D eigenvalue weighted by Crippen LogP contribution is -2.34. The molecule has 0 bridgehead atoms. The van der Waals surface area contributed by atoms with E-state index in [0.29, 0.717) is 6.54 Å². The lowest BCUT2D eigenvalue weighted by atomic mass is 10.1. The second kappa shape index (κ2) is 8.40. The first-order valence-electron chi connectivity index (χ1n) is 7.52. The van der Waals surface area contributed by atoms with Crippen molar-refractivity contribution in [2.45, 2.75) is 12.7 Å². The molecular formula is C18H20F2N2O2. The van der Waals surface area contributed by atoms with Gasteiger partial charge >= 0.3 is 6.61 Å². The number of nitrogens with zero attached hydrogens (tertiary/aromatic N) is 1. The molecule has 0 aliphatic carbocycles. The molecule has 1 N–H and O–H groups in total. The molecule has 0 aliphatic heterocycles. The molecule has 0 unspecified atom stereocenters. The van der Waals surface area contributed by atoms with Crippen LogP contribution >= 0.6 is 0 Å². The predicted octanol–water partition coefficient (Wildman–Crippen LogP) is 3.32. The van der Waals surface area contributed by atoms with Crippen molar-refractivity contribution in [3.8, 4) is 5.75 Å². The maximum atomic E-state index is 12.3. The third-order valence-electron chi connectivity index (χ3n) is 3.59. The van der Waals surface area contributed by atoms with Crippen LogP contribution in [0.5, 0.6) is 5.75 Å². The Hall–Kier alpha value is -2.47. The number of carbonyl (C=O) groups is 1. The topological polar surface area (TPSA) is 41.6 Å². The normalized spacial score (nSPS) is 12.2. The van der Waals surface area contributed by atoms with E-state index in [1.165, 1.54) is 18.2 Å². The molecule has 0 aliphatic rings. The monoisotopic (exact) mass is 334 g/mol. The van der Waals surface area contributed by atoms with Crippen LogP contribution in [-0.2, 0) is 0 Å². The Kier molecular flexibility index (Phi) is 6.26. The summed E-state index contributed by atoms with van der Waals surface area (Å²) >= 11 is 0. The number of carbonyl (C=O) groups excluding carboxylic acids is 1. The van der Waals surface area contributed by atoms with Crippen molar-refractivity contribution >= 4 is 5.91 Å². The second-order valence-corrected chi connectivity index (χ2v) is 5.51. The first-order valence-corrected chi connectivity index (χ1v) is 7.52. The largest absolute Gasteiger partial charge is 0.435 e. The Bertz CT molecular complexity index is 663. The van der Waals surface area contributed by atoms with Crippen molar-refractivity contribution in [2.75, 3.05) is 20.6 Å². The van der Waals surface area contributed by atoms with Gasteiger partial charge < -0.3 is 15.0 Å². The average Bonchev–Trinajstić information content (AvgIpc) is 2.55. The Morgan fingerprint density at radius 1 is 1.12 bits per heavy atom. The van der Waals surface area contributed by atoms with Crippen LogP contribution in [-0.4, -0.2) is 38.1 Å². The second-order valence-electron chi connectivity index (χ2n) is 5.51. The number of alkyl halides is 2. The minimum atomic E-state index is -2.92. The number of amides is 1. The van der Waals surface area contributed by atoms with Gasteiger partial charge in [0, 0.05) is 12.1 Å². The molecule has 2 aromatic carbocycles. The number of hydrogen-bond acceptors (Lipinski definition) is 3. The molecule has 4 nitrogen and oxygen atoms in total. The van der Waals surface area contributed by atoms with Crippen molar-refractivity contribution in [1.82, 2.24) is 10.2 Å². The standard InChI is InChI=1S/C18H20F2N2O2/c1-22(2)16(13-7-4-3-5-8-13)12-21-17(23)14-9-6-10-15(11-14)24-18(19)20/h3-11,16,18H,12H2,1-2H3,(H,21,23)/t16-/m1/s1. The van der Waals surface area contributed by atoms with E-state index in [-0.39, 0.29) is 23.3 Å². The van der Waals surface area contributed by atoms with Gasteiger partial charge in [0.25, 0.3) is 5.91 Å². The Labute approximate surface area is 140 Å². The van der Waals surface area contributed by atoms with E-state index in [4.69, 9.17) is 0 Å². The Balaban J connectivity index is 2.03. The van der Waals surface area contributed by atoms with Gasteiger partial charge in [-0.25, -0.2) is 0 Å². The SMILES string of the molecule is CN(C)[C@H](CNC(=O)c1cccc(OC(F)F)c1)c1ccccc1. The van der Waals surface area contributed by atoms with Crippen molar-refractivity contribution in [3.63, 3.8) is 0 Å². The number of rotatable bonds is 7. The molecule has 0 saturated heterocycles. The summed E-state index contributed by atoms with van der Waals surface area (Å²) in [6, 6.07) is 15.6. The number of likely N-dealkylation sites (N-methyl/N-ethyl adjacent to an activating group) is 1. The highest BCUT2D eigenvalue weighted by molar-refractivity contribution is 5.94. The zero-order valence-electron chi connectivity index (χ0n) is 13.6. The summed E-state index contributed by atoms with van der Waals surface area (Å²) in [6.07, 6.45) is 0. The smallest absolute Gasteiger partial charge is 0.387 e. The van der Waals surface area contributed by atoms with Crippen molar-refractivity contribution in [2.24, 2.45) is 0 Å². The van der Waals surface area contributed by atoms with Crippen LogP contribution in [0.15, 0.2) is 54.6 Å². The zero-order chi connectivity index (χ0) is 17.5. The number of nitrogens with one attached hydrogen (secondary N) is 1. The van der Waals surface area contributed by atoms with E-state index < -0.39 is 6.61 Å². The van der Waals surface area contributed by atoms with E-state index in [1.54, 1.807) is 6.07 Å². The van der Waals surface area contributed by atoms with Gasteiger partial charge in [-0.05, 0) is 37.9 Å². The molecule has 1 atom stereocenters. The minimum Gasteiger partial charge on any atom is -0.435 e. The molecule has 0 heterocycles. The van der Waals surface area contributed by atoms with Gasteiger partial charge in [-0.3, -0.25) is 4.79 Å². The molecule has 0 spiro atoms. The lowest BCUT2D eigenvalue weighted by molar-refractivity contribution is -0.0498. The van der Waals surface area contributed by atoms with Crippen LogP contribution in [0.3, 0.4) is 0 Å². The summed E-state index contributed by atoms with van der Waals surface area (Å²) < 4.78 is 28.8. The van der Waals surface area contributed by atoms with Crippen LogP contribution in [0.1, 0.15) is 22.0 Å². The summed E-state index contributed by atoms with van der Waals surface area (Å²) in [5.41, 5.74) is 1.36. The van der Waals surface area contributed by atoms with Crippen molar-refractivity contribution in [1.29, 1.82) is 0 Å². The number of benzene rings is 2. The number of ether oxygens (including phenoxy) is 1. The molecule has 128 valence electrons. The summed E-state index contributed by atoms with van der Waals surface area (Å²) in [6.45, 7) is -2.52. The van der Waals surface area contributed by atoms with Crippen molar-refractivity contribution in [3.05, 3.63) is 65.7 Å². The van der Waals surface area contributed by atoms with E-state index >= 15 is 0 Å². The highest BCUT2D eigenvalue weighted by Crippen LogP contribution is 2.18. The van der Waals surface area contributed by atoms with E-state index in [0.717, 1.165) is 5.56 Å². The molecule has 0 saturated carbocycles. The fourth-order valence-electron chi connectivity index (χ4n) is 2.38. The average molecular weight is 334 g/mol. The van der Waals surface area contributed by atoms with Gasteiger partial charge in [-0.15, -0.1) is 0 Å². The maximum absolute atomic E-state index is 12.3. The summed E-state index contributed by atoms with van der Waals surface area (Å²) in [5.74, 6) is -0.373. The molecule has 0 fully saturated rings. The van der Waals surface area contributed by atoms with E-state index in [9.17, 15) is 13.6 Å². The van der Waals surface area contributed by atoms with Crippen LogP contribution in [0.2, 0.25) is 0 Å². The molecule has 24 heavy (non-hydrogen) atoms. The lowest BCUT2D eigenvalue weighted by Gasteiger charge is -2.25. The third kappa shape index (κ3) is 5.03. The Morgan fingerprint density at radius 3 is 2.46 bits per heavy atom. The first kappa shape index (κ1) is 17.9. The third-order valence-corrected chi connectivity index (χ3v) is 3.59. The molecule has 6 heteroatoms. The highest BCUT2D eigenvalue weighted by Gasteiger charge is 2.16. The molecule has 2 rings (SSSR count). The summed E-state index contributed by atoms with van der Waals surface area (Å²) in [7, 11) is 3.86. The number of halogens is 2. The van der Waals surface area contributed by atoms with Crippen LogP contribution in [0.25, 0.3) is 0 Å². The van der Waals surface area contributed by atoms with Crippen LogP contribution in [0, 0.1) is 0 Å². The van der Waals surface area contributed by atoms with Gasteiger partial charge in [0.05, 0.1) is 6.04 Å². The summed E-state index contributed by atoms with van der Waals surface area (Å²) in [5, 5.41) is 2.84. The van der Waals surface area contributed by atoms with E-state index in [2.05, 4.69) is 10.1 Å². The van der Waals surface area contributed by atoms with E-state index in [1.807, 2.05) is 49.3 Å². The van der Waals surface area contributed by atoms with Gasteiger partial charge in [-0.2, -0.15) is 8.78 Å². The fourth-order valence-corrected chi connectivity index (χ4v) is 2.38. The van der Waals surface area contributed by atoms with Gasteiger partial charge in [-0.1, -0.05) is 36.4 Å². The maximum Gasteiger partial charge on any atom is 0.387 e. The Morgan fingerprint density at radius 2 is 1.83 bits per heavy atom. The van der Waals surface area contributed by atoms with Crippen molar-refractivity contribution < 1.29 is 18.3 Å². The van der Waals surface area contributed by atoms with Crippen LogP contribution < -0.4 is 10.1 Å². The van der Waals surface area contributed by atoms with Crippen LogP contribution in [0.4, 0.5) is 8.78 Å². The quantitative estimate of drug-likeness (QED) is 0.844. The van der Waals surface area contributed by atoms with Gasteiger partial charge in [0.2, 0.25) is 0 Å². The first-order chi connectivity index (χ1) is 11.5. The highest BCUT2D eigenvalue weighted by atomic mass is 19.3. The molecule has 0 aromatic heterocycles. The number of hydrogen-bond donors (Lipinski definition) is 1. The van der Waals surface area contributed by atoms with Gasteiger partial charge in [0.1, 0.15) is 5.75 Å². The minimum absolute atomic E-state index is 0.00986. The molecular weight excluding hydrogens is 314 g/mol.